The van der Waals surface area contributed by atoms with Crippen LogP contribution in [-0.2, 0) is 30.4 Å². The molecular formula is C34H34ClF4NO2S. The van der Waals surface area contributed by atoms with Crippen LogP contribution in [-0.4, -0.2) is 29.1 Å². The van der Waals surface area contributed by atoms with E-state index in [1.54, 1.807) is 12.1 Å². The number of aryl methyl sites for hydroxylation is 1. The molecule has 0 aromatic heterocycles. The lowest BCUT2D eigenvalue weighted by Crippen LogP contribution is -2.30. The number of allylic oxidation sites excluding steroid dienone is 3. The molecule has 0 heterocycles. The molecule has 9 heteroatoms. The molecule has 43 heavy (non-hydrogen) atoms. The van der Waals surface area contributed by atoms with Gasteiger partial charge in [-0.3, -0.25) is 9.69 Å². The number of hydrogen-bond acceptors (Lipinski definition) is 3. The van der Waals surface area contributed by atoms with Crippen LogP contribution in [0.15, 0.2) is 89.4 Å². The molecule has 0 fully saturated rings. The Morgan fingerprint density at radius 2 is 1.81 bits per heavy atom. The summed E-state index contributed by atoms with van der Waals surface area (Å²) in [6.07, 6.45) is 5.37. The van der Waals surface area contributed by atoms with Gasteiger partial charge in [-0.15, -0.1) is 12.6 Å². The first-order valence-corrected chi connectivity index (χ1v) is 15.1. The van der Waals surface area contributed by atoms with Crippen LogP contribution in [0.5, 0.6) is 0 Å². The highest BCUT2D eigenvalue weighted by molar-refractivity contribution is 7.80. The van der Waals surface area contributed by atoms with Crippen LogP contribution < -0.4 is 0 Å². The maximum Gasteiger partial charge on any atom is 0.417 e. The minimum Gasteiger partial charge on any atom is -0.481 e. The van der Waals surface area contributed by atoms with E-state index in [1.165, 1.54) is 17.7 Å². The van der Waals surface area contributed by atoms with Gasteiger partial charge >= 0.3 is 12.1 Å². The number of unbranched alkanes of at least 4 members (excludes halogenated alkanes) is 1. The smallest absolute Gasteiger partial charge is 0.417 e. The van der Waals surface area contributed by atoms with E-state index in [-0.39, 0.29) is 23.0 Å². The quantitative estimate of drug-likeness (QED) is 0.112. The maximum atomic E-state index is 14.6. The maximum absolute atomic E-state index is 14.6. The first-order valence-electron chi connectivity index (χ1n) is 14.2. The van der Waals surface area contributed by atoms with Gasteiger partial charge in [-0.2, -0.15) is 13.2 Å². The van der Waals surface area contributed by atoms with E-state index >= 15 is 0 Å². The summed E-state index contributed by atoms with van der Waals surface area (Å²) in [5, 5.41) is 8.74. The minimum atomic E-state index is -4.55. The van der Waals surface area contributed by atoms with Crippen LogP contribution in [0.1, 0.15) is 59.4 Å². The summed E-state index contributed by atoms with van der Waals surface area (Å²) in [6.45, 7) is 1.40. The number of carbonyl (C=O) groups is 1. The second kappa shape index (κ2) is 15.1. The molecule has 228 valence electrons. The fourth-order valence-electron chi connectivity index (χ4n) is 5.45. The molecule has 1 aliphatic rings. The number of carboxylic acid groups (broad SMARTS) is 1. The largest absolute Gasteiger partial charge is 0.481 e. The molecule has 0 saturated heterocycles. The lowest BCUT2D eigenvalue weighted by Gasteiger charge is -2.30. The van der Waals surface area contributed by atoms with Crippen molar-refractivity contribution in [1.82, 2.24) is 4.90 Å². The molecule has 1 atom stereocenters. The minimum absolute atomic E-state index is 0.0185. The van der Waals surface area contributed by atoms with Gasteiger partial charge in [0.25, 0.3) is 0 Å². The zero-order valence-electron chi connectivity index (χ0n) is 23.6. The summed E-state index contributed by atoms with van der Waals surface area (Å²) in [5.41, 5.74) is 2.63. The molecule has 0 bridgehead atoms. The topological polar surface area (TPSA) is 40.5 Å². The van der Waals surface area contributed by atoms with Crippen molar-refractivity contribution in [2.24, 2.45) is 0 Å². The van der Waals surface area contributed by atoms with Gasteiger partial charge in [0.15, 0.2) is 0 Å². The van der Waals surface area contributed by atoms with Crippen molar-refractivity contribution in [2.45, 2.75) is 62.1 Å². The third-order valence-electron chi connectivity index (χ3n) is 7.60. The van der Waals surface area contributed by atoms with E-state index in [2.05, 4.69) is 47.9 Å². The Kier molecular flexibility index (Phi) is 11.5. The SMILES string of the molecule is O=C(O)Cc1c(F)cc(CCCCN(Cc2cccc(C(F)(F)F)c2Cl)CC(C2=CCCC=C2)c2ccccc2)cc1S. The summed E-state index contributed by atoms with van der Waals surface area (Å²) < 4.78 is 55.4. The standard InChI is InChI=1S/C34H34ClF4NO2S/c35-33-26(15-9-16-29(33)34(37,38)39)21-40(22-28(24-11-3-1-4-12-24)25-13-5-2-6-14-25)17-8-7-10-23-18-30(36)27(20-32(41)42)31(43)19-23/h1,3-5,9,11-16,18-19,28,43H,2,6-8,10,17,20-22H2,(H,41,42). The average molecular weight is 632 g/mol. The second-order valence-corrected chi connectivity index (χ2v) is 11.6. The molecule has 0 amide bonds. The molecule has 3 aromatic rings. The van der Waals surface area contributed by atoms with Crippen LogP contribution in [0.4, 0.5) is 17.6 Å². The zero-order valence-corrected chi connectivity index (χ0v) is 25.2. The molecule has 0 radical (unpaired) electrons. The van der Waals surface area contributed by atoms with E-state index in [4.69, 9.17) is 16.7 Å². The molecule has 0 spiro atoms. The summed E-state index contributed by atoms with van der Waals surface area (Å²) >= 11 is 10.6. The van der Waals surface area contributed by atoms with Crippen molar-refractivity contribution < 1.29 is 27.5 Å². The summed E-state index contributed by atoms with van der Waals surface area (Å²) in [6, 6.07) is 17.1. The Balaban J connectivity index is 1.54. The molecule has 3 aromatic carbocycles. The van der Waals surface area contributed by atoms with Crippen LogP contribution in [0.3, 0.4) is 0 Å². The molecular weight excluding hydrogens is 598 g/mol. The predicted molar refractivity (Wildman–Crippen MR) is 165 cm³/mol. The van der Waals surface area contributed by atoms with Gasteiger partial charge in [0.2, 0.25) is 0 Å². The van der Waals surface area contributed by atoms with Gasteiger partial charge in [-0.1, -0.05) is 72.3 Å². The molecule has 4 rings (SSSR count). The van der Waals surface area contributed by atoms with Crippen molar-refractivity contribution >= 4 is 30.2 Å². The summed E-state index contributed by atoms with van der Waals surface area (Å²) in [7, 11) is 0. The first kappa shape index (κ1) is 32.8. The fraction of sp³-hybridized carbons (Fsp3) is 0.324. The first-order chi connectivity index (χ1) is 20.5. The summed E-state index contributed by atoms with van der Waals surface area (Å²) in [5.74, 6) is -1.70. The van der Waals surface area contributed by atoms with E-state index in [1.807, 2.05) is 18.2 Å². The Morgan fingerprint density at radius 1 is 1.05 bits per heavy atom. The van der Waals surface area contributed by atoms with E-state index in [0.29, 0.717) is 48.4 Å². The van der Waals surface area contributed by atoms with Gasteiger partial charge in [0, 0.05) is 29.5 Å². The van der Waals surface area contributed by atoms with Gasteiger partial charge < -0.3 is 5.11 Å². The number of hydrogen-bond donors (Lipinski definition) is 2. The van der Waals surface area contributed by atoms with Crippen LogP contribution in [0.25, 0.3) is 0 Å². The van der Waals surface area contributed by atoms with E-state index in [0.717, 1.165) is 24.5 Å². The van der Waals surface area contributed by atoms with Crippen molar-refractivity contribution in [1.29, 1.82) is 0 Å². The molecule has 0 saturated carbocycles. The van der Waals surface area contributed by atoms with E-state index < -0.39 is 29.9 Å². The second-order valence-electron chi connectivity index (χ2n) is 10.8. The highest BCUT2D eigenvalue weighted by atomic mass is 35.5. The Bertz CT molecular complexity index is 1450. The van der Waals surface area contributed by atoms with E-state index in [9.17, 15) is 22.4 Å². The number of aliphatic carboxylic acids is 1. The van der Waals surface area contributed by atoms with Crippen molar-refractivity contribution in [3.63, 3.8) is 0 Å². The molecule has 0 aliphatic heterocycles. The lowest BCUT2D eigenvalue weighted by molar-refractivity contribution is -0.138. The van der Waals surface area contributed by atoms with Gasteiger partial charge in [0.1, 0.15) is 5.82 Å². The van der Waals surface area contributed by atoms with Gasteiger partial charge in [-0.05, 0) is 79.1 Å². The number of rotatable bonds is 13. The zero-order chi connectivity index (χ0) is 31.0. The third kappa shape index (κ3) is 9.21. The molecule has 1 N–H and O–H groups in total. The predicted octanol–water partition coefficient (Wildman–Crippen LogP) is 9.30. The monoisotopic (exact) mass is 631 g/mol. The third-order valence-corrected chi connectivity index (χ3v) is 8.44. The van der Waals surface area contributed by atoms with Crippen LogP contribution in [0, 0.1) is 5.82 Å². The normalized spacial score (nSPS) is 14.2. The van der Waals surface area contributed by atoms with Gasteiger partial charge in [-0.25, -0.2) is 4.39 Å². The fourth-order valence-corrected chi connectivity index (χ4v) is 6.09. The number of carboxylic acids is 1. The van der Waals surface area contributed by atoms with Crippen molar-refractivity contribution in [3.8, 4) is 0 Å². The number of nitrogens with zero attached hydrogens (tertiary/aromatic N) is 1. The average Bonchev–Trinajstić information content (AvgIpc) is 2.97. The van der Waals surface area contributed by atoms with Crippen LogP contribution >= 0.6 is 24.2 Å². The number of thiol groups is 1. The molecule has 1 aliphatic carbocycles. The highest BCUT2D eigenvalue weighted by Gasteiger charge is 2.34. The Morgan fingerprint density at radius 3 is 2.47 bits per heavy atom. The van der Waals surface area contributed by atoms with Gasteiger partial charge in [0.05, 0.1) is 17.0 Å². The Hall–Kier alpha value is -3.07. The number of benzene rings is 3. The molecule has 1 unspecified atom stereocenters. The highest BCUT2D eigenvalue weighted by Crippen LogP contribution is 2.37. The lowest BCUT2D eigenvalue weighted by atomic mass is 9.87. The summed E-state index contributed by atoms with van der Waals surface area (Å²) in [4.78, 5) is 13.5. The molecule has 3 nitrogen and oxygen atoms in total. The van der Waals surface area contributed by atoms with Crippen LogP contribution in [0.2, 0.25) is 5.02 Å². The van der Waals surface area contributed by atoms with Crippen molar-refractivity contribution in [2.75, 3.05) is 13.1 Å². The number of halogens is 5. The number of alkyl halides is 3. The van der Waals surface area contributed by atoms with Crippen molar-refractivity contribution in [3.05, 3.63) is 123 Å². The Labute approximate surface area is 260 Å².